The predicted octanol–water partition coefficient (Wildman–Crippen LogP) is 0.796. The SMILES string of the molecule is CC(C)C1CN(CCS(=O)O)C1. The van der Waals surface area contributed by atoms with Crippen LogP contribution in [0.2, 0.25) is 0 Å². The maximum absolute atomic E-state index is 10.3. The Labute approximate surface area is 76.4 Å². The largest absolute Gasteiger partial charge is 0.306 e. The first-order valence-corrected chi connectivity index (χ1v) is 5.67. The number of hydrogen-bond donors (Lipinski definition) is 1. The lowest BCUT2D eigenvalue weighted by Crippen LogP contribution is -2.50. The highest BCUT2D eigenvalue weighted by atomic mass is 32.2. The van der Waals surface area contributed by atoms with Gasteiger partial charge < -0.3 is 9.45 Å². The van der Waals surface area contributed by atoms with Gasteiger partial charge in [-0.05, 0) is 11.8 Å². The minimum absolute atomic E-state index is 0.394. The lowest BCUT2D eigenvalue weighted by molar-refractivity contribution is 0.0751. The molecule has 0 radical (unpaired) electrons. The Kier molecular flexibility index (Phi) is 3.68. The van der Waals surface area contributed by atoms with Crippen LogP contribution >= 0.6 is 0 Å². The average molecular weight is 191 g/mol. The molecule has 1 aliphatic rings. The van der Waals surface area contributed by atoms with Crippen LogP contribution in [0, 0.1) is 11.8 Å². The molecule has 0 aromatic carbocycles. The van der Waals surface area contributed by atoms with Crippen molar-refractivity contribution in [2.75, 3.05) is 25.4 Å². The smallest absolute Gasteiger partial charge is 0.154 e. The van der Waals surface area contributed by atoms with E-state index in [-0.39, 0.29) is 0 Å². The van der Waals surface area contributed by atoms with Crippen molar-refractivity contribution in [3.05, 3.63) is 0 Å². The Morgan fingerprint density at radius 1 is 1.58 bits per heavy atom. The molecule has 0 aliphatic carbocycles. The van der Waals surface area contributed by atoms with E-state index in [2.05, 4.69) is 18.7 Å². The van der Waals surface area contributed by atoms with Gasteiger partial charge in [0.05, 0.1) is 5.75 Å². The fraction of sp³-hybridized carbons (Fsp3) is 1.00. The molecule has 1 N–H and O–H groups in total. The van der Waals surface area contributed by atoms with E-state index in [4.69, 9.17) is 4.55 Å². The zero-order valence-corrected chi connectivity index (χ0v) is 8.51. The Hall–Kier alpha value is 0.0700. The fourth-order valence-electron chi connectivity index (χ4n) is 1.42. The van der Waals surface area contributed by atoms with E-state index in [1.54, 1.807) is 0 Å². The first kappa shape index (κ1) is 10.2. The van der Waals surface area contributed by atoms with Gasteiger partial charge in [-0.1, -0.05) is 13.8 Å². The maximum Gasteiger partial charge on any atom is 0.154 e. The maximum atomic E-state index is 10.3. The van der Waals surface area contributed by atoms with Crippen molar-refractivity contribution in [3.63, 3.8) is 0 Å². The molecule has 1 atom stereocenters. The van der Waals surface area contributed by atoms with E-state index in [9.17, 15) is 4.21 Å². The Morgan fingerprint density at radius 2 is 2.17 bits per heavy atom. The second kappa shape index (κ2) is 4.35. The first-order chi connectivity index (χ1) is 5.59. The number of rotatable bonds is 4. The van der Waals surface area contributed by atoms with Crippen LogP contribution in [-0.4, -0.2) is 39.0 Å². The van der Waals surface area contributed by atoms with Crippen molar-refractivity contribution in [3.8, 4) is 0 Å². The summed E-state index contributed by atoms with van der Waals surface area (Å²) in [6, 6.07) is 0. The standard InChI is InChI=1S/C8H17NO2S/c1-7(2)8-5-9(6-8)3-4-12(10)11/h7-8H,3-6H2,1-2H3,(H,10,11). The zero-order valence-electron chi connectivity index (χ0n) is 7.69. The van der Waals surface area contributed by atoms with Crippen LogP contribution in [0.15, 0.2) is 0 Å². The van der Waals surface area contributed by atoms with Gasteiger partial charge in [0.1, 0.15) is 0 Å². The molecule has 0 bridgehead atoms. The molecule has 0 amide bonds. The van der Waals surface area contributed by atoms with Gasteiger partial charge in [-0.3, -0.25) is 0 Å². The van der Waals surface area contributed by atoms with Crippen molar-refractivity contribution < 1.29 is 8.76 Å². The molecular weight excluding hydrogens is 174 g/mol. The molecule has 1 rings (SSSR count). The second-order valence-electron chi connectivity index (χ2n) is 3.79. The number of hydrogen-bond acceptors (Lipinski definition) is 2. The highest BCUT2D eigenvalue weighted by Crippen LogP contribution is 2.22. The summed E-state index contributed by atoms with van der Waals surface area (Å²) in [5, 5.41) is 0. The third kappa shape index (κ3) is 2.84. The fourth-order valence-corrected chi connectivity index (χ4v) is 1.84. The summed E-state index contributed by atoms with van der Waals surface area (Å²) >= 11 is -1.62. The lowest BCUT2D eigenvalue weighted by atomic mass is 9.89. The molecule has 1 heterocycles. The van der Waals surface area contributed by atoms with Crippen LogP contribution in [0.4, 0.5) is 0 Å². The van der Waals surface area contributed by atoms with Gasteiger partial charge in [-0.25, -0.2) is 4.21 Å². The molecule has 1 fully saturated rings. The van der Waals surface area contributed by atoms with Crippen LogP contribution in [0.25, 0.3) is 0 Å². The minimum Gasteiger partial charge on any atom is -0.306 e. The second-order valence-corrected chi connectivity index (χ2v) is 4.84. The van der Waals surface area contributed by atoms with E-state index in [1.807, 2.05) is 0 Å². The molecule has 0 spiro atoms. The van der Waals surface area contributed by atoms with E-state index < -0.39 is 11.1 Å². The van der Waals surface area contributed by atoms with Crippen molar-refractivity contribution >= 4 is 11.1 Å². The van der Waals surface area contributed by atoms with Gasteiger partial charge in [-0.15, -0.1) is 0 Å². The van der Waals surface area contributed by atoms with Gasteiger partial charge in [-0.2, -0.15) is 0 Å². The summed E-state index contributed by atoms with van der Waals surface area (Å²) in [6.07, 6.45) is 0. The Bertz CT molecular complexity index is 166. The summed E-state index contributed by atoms with van der Waals surface area (Å²) in [6.45, 7) is 7.44. The quantitative estimate of drug-likeness (QED) is 0.668. The normalized spacial score (nSPS) is 22.7. The summed E-state index contributed by atoms with van der Waals surface area (Å²) in [5.41, 5.74) is 0. The molecular formula is C8H17NO2S. The van der Waals surface area contributed by atoms with Crippen LogP contribution in [0.5, 0.6) is 0 Å². The van der Waals surface area contributed by atoms with Crippen LogP contribution in [-0.2, 0) is 11.1 Å². The predicted molar refractivity (Wildman–Crippen MR) is 50.4 cm³/mol. The molecule has 4 heteroatoms. The van der Waals surface area contributed by atoms with E-state index in [1.165, 1.54) is 0 Å². The Balaban J connectivity index is 2.06. The van der Waals surface area contributed by atoms with E-state index >= 15 is 0 Å². The van der Waals surface area contributed by atoms with Gasteiger partial charge in [0.15, 0.2) is 11.1 Å². The number of nitrogens with zero attached hydrogens (tertiary/aromatic N) is 1. The summed E-state index contributed by atoms with van der Waals surface area (Å²) in [5.74, 6) is 1.95. The minimum atomic E-state index is -1.62. The van der Waals surface area contributed by atoms with Crippen molar-refractivity contribution in [2.24, 2.45) is 11.8 Å². The van der Waals surface area contributed by atoms with Crippen molar-refractivity contribution in [2.45, 2.75) is 13.8 Å². The molecule has 0 saturated carbocycles. The molecule has 0 aromatic rings. The number of likely N-dealkylation sites (tertiary alicyclic amines) is 1. The molecule has 1 saturated heterocycles. The highest BCUT2D eigenvalue weighted by molar-refractivity contribution is 7.79. The summed E-state index contributed by atoms with van der Waals surface area (Å²) in [7, 11) is 0. The van der Waals surface area contributed by atoms with Crippen molar-refractivity contribution in [1.82, 2.24) is 4.90 Å². The molecule has 1 unspecified atom stereocenters. The molecule has 3 nitrogen and oxygen atoms in total. The molecule has 1 aliphatic heterocycles. The summed E-state index contributed by atoms with van der Waals surface area (Å²) in [4.78, 5) is 2.23. The monoisotopic (exact) mass is 191 g/mol. The van der Waals surface area contributed by atoms with Gasteiger partial charge in [0.25, 0.3) is 0 Å². The molecule has 0 aromatic heterocycles. The van der Waals surface area contributed by atoms with Crippen LogP contribution in [0.3, 0.4) is 0 Å². The van der Waals surface area contributed by atoms with Gasteiger partial charge >= 0.3 is 0 Å². The average Bonchev–Trinajstić information content (AvgIpc) is 1.82. The zero-order chi connectivity index (χ0) is 9.14. The Morgan fingerprint density at radius 3 is 2.58 bits per heavy atom. The third-order valence-electron chi connectivity index (χ3n) is 2.51. The van der Waals surface area contributed by atoms with E-state index in [0.717, 1.165) is 31.5 Å². The molecule has 72 valence electrons. The lowest BCUT2D eigenvalue weighted by Gasteiger charge is -2.41. The van der Waals surface area contributed by atoms with E-state index in [0.29, 0.717) is 5.75 Å². The third-order valence-corrected chi connectivity index (χ3v) is 3.04. The summed E-state index contributed by atoms with van der Waals surface area (Å²) < 4.78 is 18.9. The first-order valence-electron chi connectivity index (χ1n) is 4.39. The topological polar surface area (TPSA) is 40.5 Å². The van der Waals surface area contributed by atoms with Gasteiger partial charge in [0.2, 0.25) is 0 Å². The van der Waals surface area contributed by atoms with Gasteiger partial charge in [0, 0.05) is 19.6 Å². The van der Waals surface area contributed by atoms with Crippen LogP contribution < -0.4 is 0 Å². The van der Waals surface area contributed by atoms with Crippen LogP contribution in [0.1, 0.15) is 13.8 Å². The highest BCUT2D eigenvalue weighted by Gasteiger charge is 2.28. The van der Waals surface area contributed by atoms with Crippen molar-refractivity contribution in [1.29, 1.82) is 0 Å². The molecule has 12 heavy (non-hydrogen) atoms.